The van der Waals surface area contributed by atoms with Crippen LogP contribution in [0, 0.1) is 0 Å². The summed E-state index contributed by atoms with van der Waals surface area (Å²) in [6.45, 7) is 15.6. The minimum absolute atomic E-state index is 0.00298. The highest BCUT2D eigenvalue weighted by Gasteiger charge is 2.04. The molecule has 2 aromatic rings. The molecular formula is C29H54N3O5P. The van der Waals surface area contributed by atoms with E-state index in [1.165, 1.54) is 45.3 Å². The number of aliphatic carboxylic acids is 1. The highest BCUT2D eigenvalue weighted by Crippen LogP contribution is 2.08. The minimum Gasteiger partial charge on any atom is -0.481 e. The number of nitrogens with zero attached hydrogens (tertiary/aromatic N) is 1. The Labute approximate surface area is 234 Å². The van der Waals surface area contributed by atoms with Gasteiger partial charge in [-0.2, -0.15) is 0 Å². The molecule has 1 atom stereocenters. The van der Waals surface area contributed by atoms with Gasteiger partial charge in [-0.25, -0.2) is 9.78 Å². The van der Waals surface area contributed by atoms with E-state index in [1.54, 1.807) is 43.3 Å². The molecular weight excluding hydrogens is 501 g/mol. The summed E-state index contributed by atoms with van der Waals surface area (Å²) in [5, 5.41) is 11.5. The molecule has 2 rings (SSSR count). The Hall–Kier alpha value is -2.70. The summed E-state index contributed by atoms with van der Waals surface area (Å²) in [4.78, 5) is 25.2. The van der Waals surface area contributed by atoms with Crippen LogP contribution in [0.4, 0.5) is 5.69 Å². The second-order valence-electron chi connectivity index (χ2n) is 6.84. The van der Waals surface area contributed by atoms with Gasteiger partial charge in [-0.1, -0.05) is 66.5 Å². The predicted molar refractivity (Wildman–Crippen MR) is 165 cm³/mol. The second kappa shape index (κ2) is 34.3. The maximum Gasteiger partial charge on any atom is 0.338 e. The van der Waals surface area contributed by atoms with Crippen LogP contribution in [0.2, 0.25) is 0 Å². The smallest absolute Gasteiger partial charge is 0.338 e. The van der Waals surface area contributed by atoms with Gasteiger partial charge in [0.25, 0.3) is 0 Å². The fraction of sp³-hybridized carbons (Fsp3) is 0.552. The van der Waals surface area contributed by atoms with Crippen molar-refractivity contribution >= 4 is 26.9 Å². The molecule has 0 spiro atoms. The minimum atomic E-state index is -0.859. The average Bonchev–Trinajstić information content (AvgIpc) is 2.93. The van der Waals surface area contributed by atoms with E-state index in [4.69, 9.17) is 20.3 Å². The molecule has 220 valence electrons. The van der Waals surface area contributed by atoms with Crippen molar-refractivity contribution in [2.75, 3.05) is 39.2 Å². The Bertz CT molecular complexity index is 771. The van der Waals surface area contributed by atoms with Crippen molar-refractivity contribution in [2.24, 2.45) is 0 Å². The molecule has 0 bridgehead atoms. The molecule has 0 aliphatic carbocycles. The third-order valence-electron chi connectivity index (χ3n) is 3.79. The molecule has 1 aromatic heterocycles. The topological polar surface area (TPSA) is 124 Å². The fourth-order valence-electron chi connectivity index (χ4n) is 2.24. The molecule has 0 amide bonds. The Morgan fingerprint density at radius 3 is 2.05 bits per heavy atom. The van der Waals surface area contributed by atoms with Crippen LogP contribution in [0.3, 0.4) is 0 Å². The number of unbranched alkanes of at least 4 members (excludes halogenated alkanes) is 2. The van der Waals surface area contributed by atoms with Gasteiger partial charge in [0.15, 0.2) is 0 Å². The molecule has 1 aromatic carbocycles. The molecule has 0 radical (unpaired) electrons. The number of carboxylic acids is 1. The van der Waals surface area contributed by atoms with Gasteiger partial charge in [0.05, 0.1) is 25.7 Å². The third kappa shape index (κ3) is 29.5. The quantitative estimate of drug-likeness (QED) is 0.139. The van der Waals surface area contributed by atoms with Gasteiger partial charge in [0.2, 0.25) is 5.88 Å². The Kier molecular flexibility index (Phi) is 38.3. The van der Waals surface area contributed by atoms with Gasteiger partial charge in [0, 0.05) is 18.0 Å². The second-order valence-corrected chi connectivity index (χ2v) is 7.66. The number of pyridine rings is 1. The van der Waals surface area contributed by atoms with Crippen LogP contribution in [-0.2, 0) is 16.0 Å². The highest BCUT2D eigenvalue weighted by molar-refractivity contribution is 7.16. The van der Waals surface area contributed by atoms with Crippen molar-refractivity contribution in [1.29, 1.82) is 0 Å². The van der Waals surface area contributed by atoms with Crippen molar-refractivity contribution in [3.63, 3.8) is 0 Å². The molecule has 8 nitrogen and oxygen atoms in total. The Morgan fingerprint density at radius 1 is 1.05 bits per heavy atom. The van der Waals surface area contributed by atoms with Gasteiger partial charge in [-0.05, 0) is 56.9 Å². The van der Waals surface area contributed by atoms with E-state index < -0.39 is 5.97 Å². The van der Waals surface area contributed by atoms with Gasteiger partial charge < -0.3 is 25.6 Å². The van der Waals surface area contributed by atoms with Crippen LogP contribution in [-0.4, -0.2) is 55.5 Å². The Morgan fingerprint density at radius 2 is 1.66 bits per heavy atom. The van der Waals surface area contributed by atoms with Gasteiger partial charge in [0.1, 0.15) is 0 Å². The zero-order valence-corrected chi connectivity index (χ0v) is 26.3. The lowest BCUT2D eigenvalue weighted by Crippen LogP contribution is -2.06. The molecule has 0 aliphatic rings. The zero-order valence-electron chi connectivity index (χ0n) is 25.2. The number of anilines is 1. The zero-order chi connectivity index (χ0) is 30.2. The van der Waals surface area contributed by atoms with E-state index in [1.807, 2.05) is 34.7 Å². The normalized spacial score (nSPS) is 8.47. The third-order valence-corrected chi connectivity index (χ3v) is 3.79. The molecule has 0 fully saturated rings. The van der Waals surface area contributed by atoms with E-state index in [2.05, 4.69) is 33.4 Å². The van der Waals surface area contributed by atoms with Crippen molar-refractivity contribution in [2.45, 2.75) is 74.1 Å². The molecule has 0 saturated heterocycles. The van der Waals surface area contributed by atoms with Crippen molar-refractivity contribution in [1.82, 2.24) is 10.3 Å². The number of carbonyl (C=O) groups excluding carboxylic acids is 1. The molecule has 9 heteroatoms. The number of nitrogen functional groups attached to an aromatic ring is 1. The van der Waals surface area contributed by atoms with Crippen LogP contribution >= 0.6 is 9.24 Å². The lowest BCUT2D eigenvalue weighted by Gasteiger charge is -2.01. The monoisotopic (exact) mass is 555 g/mol. The van der Waals surface area contributed by atoms with E-state index in [0.29, 0.717) is 29.3 Å². The molecule has 0 saturated carbocycles. The molecule has 0 aliphatic heterocycles. The summed E-state index contributed by atoms with van der Waals surface area (Å²) in [6, 6.07) is 10.0. The standard InChI is InChI=1S/C9H11NO2.C8H9NO3.C6H15N.C2H7P.2C2H6/c1-2-12-9(11)7-4-3-5-8(10)6-7;1-12-7-3-2-6(5-9-7)4-8(10)11;1-3-4-5-6-7-2;1-2-3;2*1-2/h3-6H,2,10H2,1H3;2-3,5H,4H2,1H3,(H,10,11);7H,3-6H2,1-2H3;2-3H2,1H3;2*1-2H3. The van der Waals surface area contributed by atoms with Crippen LogP contribution < -0.4 is 15.8 Å². The van der Waals surface area contributed by atoms with Crippen LogP contribution in [0.15, 0.2) is 42.6 Å². The van der Waals surface area contributed by atoms with Gasteiger partial charge >= 0.3 is 11.9 Å². The van der Waals surface area contributed by atoms with Crippen LogP contribution in [0.1, 0.15) is 83.7 Å². The number of nitrogens with one attached hydrogen (secondary N) is 1. The average molecular weight is 556 g/mol. The Balaban J connectivity index is -0.000000209. The first kappa shape index (κ1) is 42.4. The van der Waals surface area contributed by atoms with E-state index in [9.17, 15) is 9.59 Å². The number of carboxylic acid groups (broad SMARTS) is 1. The fourth-order valence-corrected chi connectivity index (χ4v) is 2.24. The van der Waals surface area contributed by atoms with Crippen molar-refractivity contribution < 1.29 is 24.2 Å². The number of carbonyl (C=O) groups is 2. The van der Waals surface area contributed by atoms with Gasteiger partial charge in [-0.15, -0.1) is 9.24 Å². The summed E-state index contributed by atoms with van der Waals surface area (Å²) in [7, 11) is 6.09. The first-order valence-electron chi connectivity index (χ1n) is 13.4. The maximum atomic E-state index is 11.1. The number of methoxy groups -OCH3 is 1. The van der Waals surface area contributed by atoms with Gasteiger partial charge in [-0.3, -0.25) is 4.79 Å². The molecule has 1 unspecified atom stereocenters. The van der Waals surface area contributed by atoms with Crippen LogP contribution in [0.5, 0.6) is 5.88 Å². The van der Waals surface area contributed by atoms with Crippen molar-refractivity contribution in [3.05, 3.63) is 53.7 Å². The first-order valence-corrected chi connectivity index (χ1v) is 14.2. The number of aromatic nitrogens is 1. The van der Waals surface area contributed by atoms with Crippen molar-refractivity contribution in [3.8, 4) is 5.88 Å². The summed E-state index contributed by atoms with van der Waals surface area (Å²) < 4.78 is 9.60. The summed E-state index contributed by atoms with van der Waals surface area (Å²) in [6.07, 6.45) is 6.67. The lowest BCUT2D eigenvalue weighted by molar-refractivity contribution is -0.136. The van der Waals surface area contributed by atoms with Crippen LogP contribution in [0.25, 0.3) is 0 Å². The number of nitrogens with two attached hydrogens (primary N) is 1. The predicted octanol–water partition coefficient (Wildman–Crippen LogP) is 6.49. The summed E-state index contributed by atoms with van der Waals surface area (Å²) in [5.74, 6) is -0.698. The highest BCUT2D eigenvalue weighted by atomic mass is 31.0. The molecule has 1 heterocycles. The number of benzene rings is 1. The van der Waals surface area contributed by atoms with E-state index >= 15 is 0 Å². The maximum absolute atomic E-state index is 11.1. The molecule has 4 N–H and O–H groups in total. The SMILES string of the molecule is CC.CC.CCCCCNC.CCOC(=O)c1cccc(N)c1.CCP.COc1ccc(CC(=O)O)cn1. The number of hydrogen-bond acceptors (Lipinski definition) is 7. The number of esters is 1. The number of ether oxygens (including phenoxy) is 2. The first-order chi connectivity index (χ1) is 18.3. The number of rotatable bonds is 9. The molecule has 38 heavy (non-hydrogen) atoms. The lowest BCUT2D eigenvalue weighted by atomic mass is 10.2. The summed E-state index contributed by atoms with van der Waals surface area (Å²) >= 11 is 0. The van der Waals surface area contributed by atoms with E-state index in [-0.39, 0.29) is 12.4 Å². The summed E-state index contributed by atoms with van der Waals surface area (Å²) in [5.41, 5.74) is 7.22. The van der Waals surface area contributed by atoms with E-state index in [0.717, 1.165) is 0 Å². The number of hydrogen-bond donors (Lipinski definition) is 3. The largest absolute Gasteiger partial charge is 0.481 e.